The third-order valence-corrected chi connectivity index (χ3v) is 3.90. The van der Waals surface area contributed by atoms with Gasteiger partial charge in [-0.05, 0) is 53.7 Å². The average molecular weight is 395 g/mol. The molecule has 0 unspecified atom stereocenters. The first-order valence-corrected chi connectivity index (χ1v) is 8.50. The van der Waals surface area contributed by atoms with Crippen LogP contribution in [0.1, 0.15) is 5.56 Å². The lowest BCUT2D eigenvalue weighted by Crippen LogP contribution is -2.24. The number of urea groups is 1. The van der Waals surface area contributed by atoms with E-state index in [2.05, 4.69) is 16.0 Å². The summed E-state index contributed by atoms with van der Waals surface area (Å²) in [7, 11) is 1.49. The van der Waals surface area contributed by atoms with Gasteiger partial charge in [0.05, 0.1) is 0 Å². The summed E-state index contributed by atoms with van der Waals surface area (Å²) in [5, 5.41) is 7.64. The molecule has 9 heteroatoms. The van der Waals surface area contributed by atoms with Crippen LogP contribution in [0.5, 0.6) is 0 Å². The molecule has 0 fully saturated rings. The average Bonchev–Trinajstić information content (AvgIpc) is 2.60. The van der Waals surface area contributed by atoms with Gasteiger partial charge < -0.3 is 16.0 Å². The fraction of sp³-hybridized carbons (Fsp3) is 0.111. The normalized spacial score (nSPS) is 11.3. The Morgan fingerprint density at radius 3 is 2.22 bits per heavy atom. The molecule has 2 aromatic rings. The molecular weight excluding hydrogens is 379 g/mol. The highest BCUT2D eigenvalue weighted by Crippen LogP contribution is 2.36. The molecule has 0 heterocycles. The molecule has 0 aliphatic heterocycles. The fourth-order valence-corrected chi connectivity index (χ4v) is 2.54. The van der Waals surface area contributed by atoms with Gasteiger partial charge in [-0.1, -0.05) is 18.2 Å². The van der Waals surface area contributed by atoms with Crippen LogP contribution in [0.3, 0.4) is 0 Å². The first kappa shape index (κ1) is 20.4. The van der Waals surface area contributed by atoms with Crippen molar-refractivity contribution < 1.29 is 22.8 Å². The molecule has 0 aromatic heterocycles. The van der Waals surface area contributed by atoms with E-state index in [-0.39, 0.29) is 22.7 Å². The maximum absolute atomic E-state index is 12.3. The number of thioether (sulfide) groups is 1. The molecule has 0 aliphatic rings. The zero-order valence-corrected chi connectivity index (χ0v) is 14.9. The Morgan fingerprint density at radius 1 is 1.00 bits per heavy atom. The van der Waals surface area contributed by atoms with E-state index in [0.29, 0.717) is 16.9 Å². The topological polar surface area (TPSA) is 70.2 Å². The molecule has 0 radical (unpaired) electrons. The second kappa shape index (κ2) is 9.13. The van der Waals surface area contributed by atoms with Gasteiger partial charge in [-0.2, -0.15) is 13.2 Å². The lowest BCUT2D eigenvalue weighted by molar-refractivity contribution is -0.111. The molecule has 2 rings (SSSR count). The fourth-order valence-electron chi connectivity index (χ4n) is 2.00. The SMILES string of the molecule is CNC(=O)Nc1cccc(NC(=O)/C=C/c2ccc(SC(F)(F)F)cc2)c1. The minimum atomic E-state index is -4.33. The molecule has 0 spiro atoms. The van der Waals surface area contributed by atoms with Crippen LogP contribution in [-0.4, -0.2) is 24.5 Å². The Kier molecular flexibility index (Phi) is 6.89. The third-order valence-electron chi connectivity index (χ3n) is 3.16. The van der Waals surface area contributed by atoms with Gasteiger partial charge >= 0.3 is 11.5 Å². The number of alkyl halides is 3. The smallest absolute Gasteiger partial charge is 0.341 e. The van der Waals surface area contributed by atoms with Gasteiger partial charge in [0.25, 0.3) is 0 Å². The highest BCUT2D eigenvalue weighted by atomic mass is 32.2. The van der Waals surface area contributed by atoms with Gasteiger partial charge in [0.15, 0.2) is 0 Å². The summed E-state index contributed by atoms with van der Waals surface area (Å²) in [5.74, 6) is -0.416. The van der Waals surface area contributed by atoms with Crippen molar-refractivity contribution >= 4 is 41.2 Å². The van der Waals surface area contributed by atoms with Gasteiger partial charge in [-0.25, -0.2) is 4.79 Å². The van der Waals surface area contributed by atoms with Crippen LogP contribution in [0.4, 0.5) is 29.3 Å². The number of benzene rings is 2. The molecule has 142 valence electrons. The lowest BCUT2D eigenvalue weighted by Gasteiger charge is -2.07. The van der Waals surface area contributed by atoms with E-state index in [1.54, 1.807) is 24.3 Å². The molecule has 0 saturated heterocycles. The summed E-state index contributed by atoms with van der Waals surface area (Å²) in [6.45, 7) is 0. The van der Waals surface area contributed by atoms with Crippen molar-refractivity contribution in [2.24, 2.45) is 0 Å². The minimum absolute atomic E-state index is 0.0736. The largest absolute Gasteiger partial charge is 0.446 e. The van der Waals surface area contributed by atoms with Gasteiger partial charge in [0.1, 0.15) is 0 Å². The van der Waals surface area contributed by atoms with Crippen LogP contribution in [0.15, 0.2) is 59.5 Å². The van der Waals surface area contributed by atoms with Crippen molar-refractivity contribution in [3.05, 3.63) is 60.2 Å². The first-order valence-electron chi connectivity index (χ1n) is 7.69. The quantitative estimate of drug-likeness (QED) is 0.508. The van der Waals surface area contributed by atoms with Crippen LogP contribution < -0.4 is 16.0 Å². The van der Waals surface area contributed by atoms with Crippen molar-refractivity contribution in [1.82, 2.24) is 5.32 Å². The predicted molar refractivity (Wildman–Crippen MR) is 101 cm³/mol. The number of anilines is 2. The molecule has 3 N–H and O–H groups in total. The zero-order chi connectivity index (χ0) is 19.9. The second-order valence-corrected chi connectivity index (χ2v) is 6.36. The highest BCUT2D eigenvalue weighted by Gasteiger charge is 2.28. The number of amides is 3. The van der Waals surface area contributed by atoms with Crippen LogP contribution in [0, 0.1) is 0 Å². The summed E-state index contributed by atoms with van der Waals surface area (Å²) >= 11 is -0.195. The van der Waals surface area contributed by atoms with Crippen LogP contribution >= 0.6 is 11.8 Å². The summed E-state index contributed by atoms with van der Waals surface area (Å²) < 4.78 is 36.9. The third kappa shape index (κ3) is 7.45. The Hall–Kier alpha value is -2.94. The van der Waals surface area contributed by atoms with E-state index >= 15 is 0 Å². The van der Waals surface area contributed by atoms with E-state index in [9.17, 15) is 22.8 Å². The minimum Gasteiger partial charge on any atom is -0.341 e. The van der Waals surface area contributed by atoms with Crippen molar-refractivity contribution in [3.8, 4) is 0 Å². The first-order chi connectivity index (χ1) is 12.7. The van der Waals surface area contributed by atoms with Gasteiger partial charge in [0, 0.05) is 29.4 Å². The number of halogens is 3. The molecule has 0 atom stereocenters. The summed E-state index contributed by atoms with van der Waals surface area (Å²) in [6.07, 6.45) is 2.76. The maximum Gasteiger partial charge on any atom is 0.446 e. The number of rotatable bonds is 5. The zero-order valence-electron chi connectivity index (χ0n) is 14.1. The molecule has 5 nitrogen and oxygen atoms in total. The molecule has 3 amide bonds. The monoisotopic (exact) mass is 395 g/mol. The number of carbonyl (C=O) groups is 2. The van der Waals surface area contributed by atoms with E-state index in [0.717, 1.165) is 0 Å². The maximum atomic E-state index is 12.3. The Bertz CT molecular complexity index is 836. The van der Waals surface area contributed by atoms with Gasteiger partial charge in [0.2, 0.25) is 5.91 Å². The molecule has 2 aromatic carbocycles. The molecular formula is C18H16F3N3O2S. The molecule has 27 heavy (non-hydrogen) atoms. The summed E-state index contributed by atoms with van der Waals surface area (Å²) in [4.78, 5) is 23.3. The molecule has 0 bridgehead atoms. The molecule has 0 aliphatic carbocycles. The van der Waals surface area contributed by atoms with E-state index in [4.69, 9.17) is 0 Å². The standard InChI is InChI=1S/C18H16F3N3O2S/c1-22-17(26)24-14-4-2-3-13(11-14)23-16(25)10-7-12-5-8-15(9-6-12)27-18(19,20)21/h2-11H,1H3,(H,23,25)(H2,22,24,26)/b10-7+. The van der Waals surface area contributed by atoms with Crippen molar-refractivity contribution in [3.63, 3.8) is 0 Å². The number of nitrogens with one attached hydrogen (secondary N) is 3. The highest BCUT2D eigenvalue weighted by molar-refractivity contribution is 8.00. The summed E-state index contributed by atoms with van der Waals surface area (Å²) in [5.41, 5.74) is -2.76. The second-order valence-electron chi connectivity index (χ2n) is 5.22. The van der Waals surface area contributed by atoms with Crippen molar-refractivity contribution in [2.75, 3.05) is 17.7 Å². The number of hydrogen-bond acceptors (Lipinski definition) is 3. The Morgan fingerprint density at radius 2 is 1.63 bits per heavy atom. The van der Waals surface area contributed by atoms with Crippen LogP contribution in [-0.2, 0) is 4.79 Å². The lowest BCUT2D eigenvalue weighted by atomic mass is 10.2. The van der Waals surface area contributed by atoms with E-state index < -0.39 is 11.4 Å². The van der Waals surface area contributed by atoms with Crippen LogP contribution in [0.25, 0.3) is 6.08 Å². The molecule has 0 saturated carbocycles. The van der Waals surface area contributed by atoms with Crippen molar-refractivity contribution in [1.29, 1.82) is 0 Å². The summed E-state index contributed by atoms with van der Waals surface area (Å²) in [6, 6.07) is 11.9. The Balaban J connectivity index is 1.95. The van der Waals surface area contributed by atoms with E-state index in [1.165, 1.54) is 43.5 Å². The predicted octanol–water partition coefficient (Wildman–Crippen LogP) is 4.70. The van der Waals surface area contributed by atoms with Crippen molar-refractivity contribution in [2.45, 2.75) is 10.4 Å². The van der Waals surface area contributed by atoms with Gasteiger partial charge in [-0.3, -0.25) is 4.79 Å². The van der Waals surface area contributed by atoms with Gasteiger partial charge in [-0.15, -0.1) is 0 Å². The Labute approximate surface area is 158 Å². The van der Waals surface area contributed by atoms with Crippen LogP contribution in [0.2, 0.25) is 0 Å². The van der Waals surface area contributed by atoms with E-state index in [1.807, 2.05) is 0 Å². The number of carbonyl (C=O) groups excluding carboxylic acids is 2. The number of hydrogen-bond donors (Lipinski definition) is 3.